The summed E-state index contributed by atoms with van der Waals surface area (Å²) in [7, 11) is 0. The molecule has 2 unspecified atom stereocenters. The number of allylic oxidation sites excluding steroid dienone is 1. The third-order valence-electron chi connectivity index (χ3n) is 3.50. The molecule has 3 nitrogen and oxygen atoms in total. The number of hydrogen-bond acceptors (Lipinski definition) is 2. The zero-order chi connectivity index (χ0) is 13.7. The summed E-state index contributed by atoms with van der Waals surface area (Å²) in [5, 5.41) is 13.4. The van der Waals surface area contributed by atoms with Gasteiger partial charge in [-0.2, -0.15) is 0 Å². The highest BCUT2D eigenvalue weighted by molar-refractivity contribution is 5.77. The Morgan fingerprint density at radius 1 is 1.42 bits per heavy atom. The van der Waals surface area contributed by atoms with Crippen LogP contribution >= 0.6 is 0 Å². The van der Waals surface area contributed by atoms with Crippen LogP contribution in [0.1, 0.15) is 38.2 Å². The fourth-order valence-corrected chi connectivity index (χ4v) is 2.40. The van der Waals surface area contributed by atoms with Crippen LogP contribution in [0.3, 0.4) is 0 Å². The second kappa shape index (κ2) is 6.02. The molecule has 0 fully saturated rings. The van der Waals surface area contributed by atoms with Crippen LogP contribution in [-0.2, 0) is 10.4 Å². The Morgan fingerprint density at radius 2 is 2.16 bits per heavy atom. The Hall–Kier alpha value is -1.61. The zero-order valence-corrected chi connectivity index (χ0v) is 11.3. The van der Waals surface area contributed by atoms with Crippen molar-refractivity contribution in [2.75, 3.05) is 0 Å². The summed E-state index contributed by atoms with van der Waals surface area (Å²) in [5.74, 6) is -0.106. The Bertz CT molecular complexity index is 451. The van der Waals surface area contributed by atoms with Gasteiger partial charge in [0.05, 0.1) is 12.0 Å². The van der Waals surface area contributed by atoms with E-state index >= 15 is 0 Å². The Balaban J connectivity index is 1.94. The summed E-state index contributed by atoms with van der Waals surface area (Å²) in [6, 6.07) is 9.43. The average Bonchev–Trinajstić information content (AvgIpc) is 2.40. The molecular formula is C16H21NO2. The maximum Gasteiger partial charge on any atom is 0.223 e. The summed E-state index contributed by atoms with van der Waals surface area (Å²) in [4.78, 5) is 12.0. The predicted octanol–water partition coefficient (Wildman–Crippen LogP) is 2.51. The van der Waals surface area contributed by atoms with Gasteiger partial charge in [0, 0.05) is 6.04 Å². The molecule has 0 radical (unpaired) electrons. The standard InChI is InChI=1S/C16H21NO2/c1-16(19,13-8-4-2-5-9-13)12-15(18)17-14-10-6-3-7-11-14/h2,4-6,8-10,14,19H,3,7,11-12H2,1H3,(H,17,18). The van der Waals surface area contributed by atoms with E-state index in [1.807, 2.05) is 36.4 Å². The topological polar surface area (TPSA) is 49.3 Å². The number of nitrogens with one attached hydrogen (secondary N) is 1. The number of benzene rings is 1. The van der Waals surface area contributed by atoms with Gasteiger partial charge >= 0.3 is 0 Å². The molecule has 19 heavy (non-hydrogen) atoms. The van der Waals surface area contributed by atoms with E-state index in [0.717, 1.165) is 24.8 Å². The number of aliphatic hydroxyl groups is 1. The number of rotatable bonds is 4. The number of hydrogen-bond donors (Lipinski definition) is 2. The number of carbonyl (C=O) groups is 1. The van der Waals surface area contributed by atoms with Crippen LogP contribution in [0.15, 0.2) is 42.5 Å². The molecule has 3 heteroatoms. The van der Waals surface area contributed by atoms with Crippen LogP contribution in [-0.4, -0.2) is 17.1 Å². The molecule has 0 aliphatic heterocycles. The van der Waals surface area contributed by atoms with Crippen LogP contribution in [0.2, 0.25) is 0 Å². The van der Waals surface area contributed by atoms with Crippen molar-refractivity contribution < 1.29 is 9.90 Å². The maximum absolute atomic E-state index is 12.0. The summed E-state index contributed by atoms with van der Waals surface area (Å²) in [5.41, 5.74) is -0.353. The molecule has 0 saturated carbocycles. The molecule has 2 N–H and O–H groups in total. The van der Waals surface area contributed by atoms with Crippen LogP contribution in [0.5, 0.6) is 0 Å². The summed E-state index contributed by atoms with van der Waals surface area (Å²) in [6.07, 6.45) is 7.41. The van der Waals surface area contributed by atoms with Crippen molar-refractivity contribution in [1.29, 1.82) is 0 Å². The SMILES string of the molecule is CC(O)(CC(=O)NC1C=CCCC1)c1ccccc1. The first kappa shape index (κ1) is 13.8. The van der Waals surface area contributed by atoms with Gasteiger partial charge in [-0.1, -0.05) is 42.5 Å². The van der Waals surface area contributed by atoms with Crippen LogP contribution in [0.4, 0.5) is 0 Å². The third kappa shape index (κ3) is 3.93. The Kier molecular flexibility index (Phi) is 4.38. The van der Waals surface area contributed by atoms with Crippen molar-refractivity contribution in [1.82, 2.24) is 5.32 Å². The van der Waals surface area contributed by atoms with Gasteiger partial charge in [0.15, 0.2) is 0 Å². The molecule has 0 saturated heterocycles. The summed E-state index contributed by atoms with van der Waals surface area (Å²) < 4.78 is 0. The van der Waals surface area contributed by atoms with Gasteiger partial charge in [-0.15, -0.1) is 0 Å². The fraction of sp³-hybridized carbons (Fsp3) is 0.438. The molecule has 0 bridgehead atoms. The van der Waals surface area contributed by atoms with Crippen molar-refractivity contribution >= 4 is 5.91 Å². The first-order valence-electron chi connectivity index (χ1n) is 6.82. The van der Waals surface area contributed by atoms with Gasteiger partial charge in [0.1, 0.15) is 0 Å². The van der Waals surface area contributed by atoms with E-state index in [1.165, 1.54) is 0 Å². The molecule has 2 atom stereocenters. The predicted molar refractivity (Wildman–Crippen MR) is 75.6 cm³/mol. The van der Waals surface area contributed by atoms with E-state index in [1.54, 1.807) is 6.92 Å². The second-order valence-electron chi connectivity index (χ2n) is 5.35. The summed E-state index contributed by atoms with van der Waals surface area (Å²) in [6.45, 7) is 1.68. The van der Waals surface area contributed by atoms with Gasteiger partial charge in [-0.3, -0.25) is 4.79 Å². The van der Waals surface area contributed by atoms with Crippen molar-refractivity contribution in [3.8, 4) is 0 Å². The van der Waals surface area contributed by atoms with Crippen LogP contribution in [0, 0.1) is 0 Å². The quantitative estimate of drug-likeness (QED) is 0.816. The number of amides is 1. The second-order valence-corrected chi connectivity index (χ2v) is 5.35. The lowest BCUT2D eigenvalue weighted by atomic mass is 9.92. The smallest absolute Gasteiger partial charge is 0.223 e. The van der Waals surface area contributed by atoms with E-state index in [9.17, 15) is 9.90 Å². The summed E-state index contributed by atoms with van der Waals surface area (Å²) >= 11 is 0. The van der Waals surface area contributed by atoms with Crippen molar-refractivity contribution in [3.63, 3.8) is 0 Å². The van der Waals surface area contributed by atoms with E-state index in [4.69, 9.17) is 0 Å². The average molecular weight is 259 g/mol. The Labute approximate surface area is 114 Å². The molecule has 1 amide bonds. The van der Waals surface area contributed by atoms with E-state index in [0.29, 0.717) is 0 Å². The minimum absolute atomic E-state index is 0.0847. The van der Waals surface area contributed by atoms with Gasteiger partial charge < -0.3 is 10.4 Å². The van der Waals surface area contributed by atoms with Crippen molar-refractivity contribution in [2.24, 2.45) is 0 Å². The molecule has 0 heterocycles. The minimum atomic E-state index is -1.12. The van der Waals surface area contributed by atoms with E-state index in [2.05, 4.69) is 11.4 Å². The van der Waals surface area contributed by atoms with Crippen molar-refractivity contribution in [2.45, 2.75) is 44.2 Å². The number of carbonyl (C=O) groups excluding carboxylic acids is 1. The van der Waals surface area contributed by atoms with Crippen LogP contribution in [0.25, 0.3) is 0 Å². The lowest BCUT2D eigenvalue weighted by molar-refractivity contribution is -0.126. The molecule has 1 aromatic carbocycles. The first-order valence-corrected chi connectivity index (χ1v) is 6.82. The molecule has 1 aliphatic rings. The van der Waals surface area contributed by atoms with Gasteiger partial charge in [0.25, 0.3) is 0 Å². The first-order chi connectivity index (χ1) is 9.08. The van der Waals surface area contributed by atoms with E-state index < -0.39 is 5.60 Å². The van der Waals surface area contributed by atoms with Crippen LogP contribution < -0.4 is 5.32 Å². The van der Waals surface area contributed by atoms with Crippen molar-refractivity contribution in [3.05, 3.63) is 48.0 Å². The molecular weight excluding hydrogens is 238 g/mol. The largest absolute Gasteiger partial charge is 0.385 e. The fourth-order valence-electron chi connectivity index (χ4n) is 2.40. The highest BCUT2D eigenvalue weighted by atomic mass is 16.3. The van der Waals surface area contributed by atoms with Gasteiger partial charge in [0.2, 0.25) is 5.91 Å². The molecule has 102 valence electrons. The third-order valence-corrected chi connectivity index (χ3v) is 3.50. The molecule has 1 aliphatic carbocycles. The molecule has 2 rings (SSSR count). The maximum atomic E-state index is 12.0. The van der Waals surface area contributed by atoms with E-state index in [-0.39, 0.29) is 18.4 Å². The van der Waals surface area contributed by atoms with Gasteiger partial charge in [-0.25, -0.2) is 0 Å². The highest BCUT2D eigenvalue weighted by Gasteiger charge is 2.27. The molecule has 1 aromatic rings. The lowest BCUT2D eigenvalue weighted by Crippen LogP contribution is -2.38. The monoisotopic (exact) mass is 259 g/mol. The molecule has 0 spiro atoms. The Morgan fingerprint density at radius 3 is 2.79 bits per heavy atom. The molecule has 0 aromatic heterocycles. The minimum Gasteiger partial charge on any atom is -0.385 e. The zero-order valence-electron chi connectivity index (χ0n) is 11.3. The lowest BCUT2D eigenvalue weighted by Gasteiger charge is -2.25. The highest BCUT2D eigenvalue weighted by Crippen LogP contribution is 2.24. The van der Waals surface area contributed by atoms with Gasteiger partial charge in [-0.05, 0) is 31.7 Å². The normalized spacial score (nSPS) is 21.7.